The van der Waals surface area contributed by atoms with Crippen LogP contribution >= 0.6 is 0 Å². The summed E-state index contributed by atoms with van der Waals surface area (Å²) in [6, 6.07) is 6.14. The van der Waals surface area contributed by atoms with Crippen molar-refractivity contribution >= 4 is 11.7 Å². The van der Waals surface area contributed by atoms with Crippen LogP contribution in [0.2, 0.25) is 0 Å². The summed E-state index contributed by atoms with van der Waals surface area (Å²) in [5.41, 5.74) is 0.886. The number of hydrogen-bond donors (Lipinski definition) is 1. The van der Waals surface area contributed by atoms with Gasteiger partial charge < -0.3 is 5.32 Å². The summed E-state index contributed by atoms with van der Waals surface area (Å²) < 4.78 is 12.8. The molecule has 1 aromatic carbocycles. The lowest BCUT2D eigenvalue weighted by Gasteiger charge is -2.36. The monoisotopic (exact) mass is 289 g/mol. The molecule has 3 nitrogen and oxygen atoms in total. The second-order valence-electron chi connectivity index (χ2n) is 6.24. The molecule has 0 spiro atoms. The maximum atomic E-state index is 12.8. The molecule has 4 heteroatoms. The first kappa shape index (κ1) is 14.2. The van der Waals surface area contributed by atoms with E-state index in [0.29, 0.717) is 25.2 Å². The fourth-order valence-electron chi connectivity index (χ4n) is 3.63. The Morgan fingerprint density at radius 3 is 2.38 bits per heavy atom. The molecule has 2 saturated carbocycles. The van der Waals surface area contributed by atoms with E-state index in [0.717, 1.165) is 24.8 Å². The lowest BCUT2D eigenvalue weighted by atomic mass is 9.67. The van der Waals surface area contributed by atoms with Crippen LogP contribution in [0.15, 0.2) is 24.3 Å². The van der Waals surface area contributed by atoms with Crippen LogP contribution in [-0.4, -0.2) is 11.7 Å². The van der Waals surface area contributed by atoms with Gasteiger partial charge in [0.15, 0.2) is 0 Å². The zero-order chi connectivity index (χ0) is 14.8. The molecule has 2 fully saturated rings. The van der Waals surface area contributed by atoms with Gasteiger partial charge in [-0.15, -0.1) is 0 Å². The molecule has 0 aromatic heterocycles. The molecule has 2 aliphatic rings. The molecule has 0 aliphatic heterocycles. The van der Waals surface area contributed by atoms with Gasteiger partial charge in [-0.2, -0.15) is 0 Å². The Morgan fingerprint density at radius 2 is 1.76 bits per heavy atom. The van der Waals surface area contributed by atoms with Crippen LogP contribution in [0.25, 0.3) is 0 Å². The van der Waals surface area contributed by atoms with Crippen LogP contribution in [0.4, 0.5) is 4.39 Å². The van der Waals surface area contributed by atoms with E-state index in [4.69, 9.17) is 0 Å². The molecule has 112 valence electrons. The Balaban J connectivity index is 1.56. The van der Waals surface area contributed by atoms with Gasteiger partial charge in [-0.3, -0.25) is 9.59 Å². The second kappa shape index (κ2) is 5.96. The third kappa shape index (κ3) is 3.14. The van der Waals surface area contributed by atoms with Crippen LogP contribution in [0.1, 0.15) is 37.7 Å². The number of benzene rings is 1. The van der Waals surface area contributed by atoms with Gasteiger partial charge in [0.1, 0.15) is 11.6 Å². The van der Waals surface area contributed by atoms with Gasteiger partial charge in [-0.05, 0) is 43.4 Å². The Morgan fingerprint density at radius 1 is 1.14 bits per heavy atom. The lowest BCUT2D eigenvalue weighted by Crippen LogP contribution is -2.42. The number of amides is 1. The number of hydrogen-bond acceptors (Lipinski definition) is 2. The Labute approximate surface area is 123 Å². The van der Waals surface area contributed by atoms with Crippen molar-refractivity contribution in [3.63, 3.8) is 0 Å². The summed E-state index contributed by atoms with van der Waals surface area (Å²) >= 11 is 0. The van der Waals surface area contributed by atoms with Crippen molar-refractivity contribution in [1.29, 1.82) is 0 Å². The maximum absolute atomic E-state index is 12.8. The van der Waals surface area contributed by atoms with E-state index in [2.05, 4.69) is 5.32 Å². The van der Waals surface area contributed by atoms with Gasteiger partial charge in [0.25, 0.3) is 0 Å². The van der Waals surface area contributed by atoms with Crippen LogP contribution in [0.5, 0.6) is 0 Å². The molecule has 3 rings (SSSR count). The molecule has 2 unspecified atom stereocenters. The first-order valence-corrected chi connectivity index (χ1v) is 7.69. The highest BCUT2D eigenvalue weighted by atomic mass is 19.1. The molecular weight excluding hydrogens is 269 g/mol. The zero-order valence-corrected chi connectivity index (χ0v) is 12.0. The van der Waals surface area contributed by atoms with E-state index < -0.39 is 0 Å². The normalized spacial score (nSPS) is 28.2. The van der Waals surface area contributed by atoms with Gasteiger partial charge in [0, 0.05) is 24.3 Å². The average Bonchev–Trinajstić information content (AvgIpc) is 2.46. The van der Waals surface area contributed by atoms with Gasteiger partial charge >= 0.3 is 0 Å². The summed E-state index contributed by atoms with van der Waals surface area (Å²) in [7, 11) is 0. The summed E-state index contributed by atoms with van der Waals surface area (Å²) in [4.78, 5) is 24.3. The van der Waals surface area contributed by atoms with E-state index in [9.17, 15) is 14.0 Å². The van der Waals surface area contributed by atoms with Crippen LogP contribution in [-0.2, 0) is 16.1 Å². The number of fused-ring (bicyclic) bond motifs is 2. The average molecular weight is 289 g/mol. The summed E-state index contributed by atoms with van der Waals surface area (Å²) in [6.07, 6.45) is 4.40. The van der Waals surface area contributed by atoms with Gasteiger partial charge in [-0.25, -0.2) is 4.39 Å². The minimum Gasteiger partial charge on any atom is -0.352 e. The van der Waals surface area contributed by atoms with Crippen molar-refractivity contribution in [2.45, 2.75) is 38.6 Å². The summed E-state index contributed by atoms with van der Waals surface area (Å²) in [5, 5.41) is 2.92. The molecule has 0 heterocycles. The van der Waals surface area contributed by atoms with Crippen molar-refractivity contribution in [3.8, 4) is 0 Å². The SMILES string of the molecule is O=C(NCc1ccc(F)cc1)C1CC2CCCC(C1)C2=O. The molecular formula is C17H20FNO2. The Bertz CT molecular complexity index is 524. The molecule has 1 aromatic rings. The third-order valence-corrected chi connectivity index (χ3v) is 4.80. The topological polar surface area (TPSA) is 46.2 Å². The highest BCUT2D eigenvalue weighted by Gasteiger charge is 2.41. The van der Waals surface area contributed by atoms with Crippen molar-refractivity contribution in [2.75, 3.05) is 0 Å². The predicted molar refractivity (Wildman–Crippen MR) is 76.8 cm³/mol. The number of nitrogens with one attached hydrogen (secondary N) is 1. The van der Waals surface area contributed by atoms with Crippen LogP contribution < -0.4 is 5.32 Å². The first-order valence-electron chi connectivity index (χ1n) is 7.69. The molecule has 0 radical (unpaired) electrons. The van der Waals surface area contributed by atoms with E-state index in [-0.39, 0.29) is 29.5 Å². The molecule has 2 atom stereocenters. The highest BCUT2D eigenvalue weighted by Crippen LogP contribution is 2.40. The smallest absolute Gasteiger partial charge is 0.223 e. The number of carbonyl (C=O) groups excluding carboxylic acids is 2. The molecule has 2 bridgehead atoms. The second-order valence-corrected chi connectivity index (χ2v) is 6.24. The number of rotatable bonds is 3. The van der Waals surface area contributed by atoms with Crippen molar-refractivity contribution < 1.29 is 14.0 Å². The summed E-state index contributed by atoms with van der Waals surface area (Å²) in [6.45, 7) is 0.416. The van der Waals surface area contributed by atoms with Crippen LogP contribution in [0, 0.1) is 23.6 Å². The minimum absolute atomic E-state index is 0.0312. The van der Waals surface area contributed by atoms with E-state index in [1.807, 2.05) is 0 Å². The van der Waals surface area contributed by atoms with E-state index in [1.165, 1.54) is 12.1 Å². The molecule has 2 aliphatic carbocycles. The molecule has 1 amide bonds. The fraction of sp³-hybridized carbons (Fsp3) is 0.529. The Kier molecular flexibility index (Phi) is 4.04. The van der Waals surface area contributed by atoms with Crippen LogP contribution in [0.3, 0.4) is 0 Å². The van der Waals surface area contributed by atoms with Gasteiger partial charge in [0.2, 0.25) is 5.91 Å². The molecule has 21 heavy (non-hydrogen) atoms. The maximum Gasteiger partial charge on any atom is 0.223 e. The highest BCUT2D eigenvalue weighted by molar-refractivity contribution is 5.88. The largest absolute Gasteiger partial charge is 0.352 e. The first-order chi connectivity index (χ1) is 10.1. The van der Waals surface area contributed by atoms with E-state index in [1.54, 1.807) is 12.1 Å². The lowest BCUT2D eigenvalue weighted by molar-refractivity contribution is -0.137. The predicted octanol–water partition coefficient (Wildman–Crippen LogP) is 2.84. The number of ketones is 1. The molecule has 1 N–H and O–H groups in total. The number of Topliss-reactive ketones (excluding diaryl/α,β-unsaturated/α-hetero) is 1. The van der Waals surface area contributed by atoms with Crippen molar-refractivity contribution in [3.05, 3.63) is 35.6 Å². The minimum atomic E-state index is -0.274. The number of halogens is 1. The Hall–Kier alpha value is -1.71. The standard InChI is InChI=1S/C17H20FNO2/c18-15-6-4-11(5-7-15)10-19-17(21)14-8-12-2-1-3-13(9-14)16(12)20/h4-7,12-14H,1-3,8-10H2,(H,19,21). The van der Waals surface area contributed by atoms with Crippen molar-refractivity contribution in [2.24, 2.45) is 17.8 Å². The third-order valence-electron chi connectivity index (χ3n) is 4.80. The van der Waals surface area contributed by atoms with Crippen molar-refractivity contribution in [1.82, 2.24) is 5.32 Å². The fourth-order valence-corrected chi connectivity index (χ4v) is 3.63. The van der Waals surface area contributed by atoms with Gasteiger partial charge in [0.05, 0.1) is 0 Å². The summed E-state index contributed by atoms with van der Waals surface area (Å²) in [5.74, 6) is 0.285. The van der Waals surface area contributed by atoms with Gasteiger partial charge in [-0.1, -0.05) is 18.6 Å². The zero-order valence-electron chi connectivity index (χ0n) is 12.0. The molecule has 0 saturated heterocycles. The number of carbonyl (C=O) groups is 2. The van der Waals surface area contributed by atoms with E-state index >= 15 is 0 Å². The quantitative estimate of drug-likeness (QED) is 0.930.